The summed E-state index contributed by atoms with van der Waals surface area (Å²) >= 11 is 1.22. The maximum Gasteiger partial charge on any atom is 0.407 e. The molecule has 2 aromatic carbocycles. The molecule has 4 rings (SSSR count). The normalized spacial score (nSPS) is 12.7. The molecule has 0 fully saturated rings. The van der Waals surface area contributed by atoms with E-state index in [1.165, 1.54) is 18.4 Å². The van der Waals surface area contributed by atoms with Crippen LogP contribution in [-0.2, 0) is 19.1 Å². The van der Waals surface area contributed by atoms with Crippen LogP contribution >= 0.6 is 11.3 Å². The molecule has 8 nitrogen and oxygen atoms in total. The lowest BCUT2D eigenvalue weighted by atomic mass is 9.98. The number of ether oxygens (including phenoxy) is 2. The van der Waals surface area contributed by atoms with Gasteiger partial charge in [-0.1, -0.05) is 48.5 Å². The summed E-state index contributed by atoms with van der Waals surface area (Å²) in [5, 5.41) is 5.41. The first-order valence-corrected chi connectivity index (χ1v) is 11.8. The van der Waals surface area contributed by atoms with Gasteiger partial charge in [0, 0.05) is 16.4 Å². The number of hydrogen-bond donors (Lipinski definition) is 2. The van der Waals surface area contributed by atoms with Crippen LogP contribution in [0.4, 0.5) is 9.80 Å². The van der Waals surface area contributed by atoms with Crippen LogP contribution in [0.3, 0.4) is 0 Å². The van der Waals surface area contributed by atoms with Gasteiger partial charge in [-0.3, -0.25) is 14.4 Å². The molecule has 35 heavy (non-hydrogen) atoms. The van der Waals surface area contributed by atoms with Crippen LogP contribution in [0.2, 0.25) is 0 Å². The van der Waals surface area contributed by atoms with Gasteiger partial charge in [0.25, 0.3) is 0 Å². The SMILES string of the molecule is COC(=O)C[C@H](NC(=O)OCC1c2ccccc2-c2ccccc21)C(=O)Nc1sc(C)cc1C=O. The zero-order valence-electron chi connectivity index (χ0n) is 19.2. The predicted molar refractivity (Wildman–Crippen MR) is 132 cm³/mol. The Bertz CT molecular complexity index is 1240. The molecule has 2 amide bonds. The Balaban J connectivity index is 1.45. The number of amides is 2. The second-order valence-electron chi connectivity index (χ2n) is 8.05. The maximum absolute atomic E-state index is 12.9. The largest absolute Gasteiger partial charge is 0.469 e. The highest BCUT2D eigenvalue weighted by atomic mass is 32.1. The molecular weight excluding hydrogens is 468 g/mol. The highest BCUT2D eigenvalue weighted by Gasteiger charge is 2.30. The van der Waals surface area contributed by atoms with Gasteiger partial charge in [-0.05, 0) is 35.2 Å². The van der Waals surface area contributed by atoms with Crippen molar-refractivity contribution in [2.24, 2.45) is 0 Å². The van der Waals surface area contributed by atoms with E-state index in [0.29, 0.717) is 16.9 Å². The first kappa shape index (κ1) is 24.2. The number of carbonyl (C=O) groups is 4. The van der Waals surface area contributed by atoms with E-state index in [0.717, 1.165) is 27.1 Å². The van der Waals surface area contributed by atoms with E-state index in [4.69, 9.17) is 4.74 Å². The Hall–Kier alpha value is -3.98. The molecule has 0 saturated carbocycles. The Kier molecular flexibility index (Phi) is 7.26. The zero-order valence-corrected chi connectivity index (χ0v) is 20.0. The van der Waals surface area contributed by atoms with E-state index in [1.807, 2.05) is 48.5 Å². The van der Waals surface area contributed by atoms with Crippen molar-refractivity contribution in [3.05, 3.63) is 76.2 Å². The molecule has 1 atom stereocenters. The van der Waals surface area contributed by atoms with Crippen LogP contribution in [0.5, 0.6) is 0 Å². The van der Waals surface area contributed by atoms with E-state index in [-0.39, 0.29) is 12.5 Å². The lowest BCUT2D eigenvalue weighted by Gasteiger charge is -2.19. The molecule has 3 aromatic rings. The fourth-order valence-corrected chi connectivity index (χ4v) is 5.04. The molecule has 2 N–H and O–H groups in total. The molecule has 0 spiro atoms. The summed E-state index contributed by atoms with van der Waals surface area (Å²) in [6.07, 6.45) is -0.602. The summed E-state index contributed by atoms with van der Waals surface area (Å²) in [6, 6.07) is 16.3. The molecule has 1 aliphatic carbocycles. The Morgan fingerprint density at radius 1 is 1.06 bits per heavy atom. The van der Waals surface area contributed by atoms with Crippen LogP contribution in [0.25, 0.3) is 11.1 Å². The number of esters is 1. The van der Waals surface area contributed by atoms with Crippen molar-refractivity contribution in [3.8, 4) is 11.1 Å². The lowest BCUT2D eigenvalue weighted by molar-refractivity contribution is -0.142. The number of thiophene rings is 1. The average molecular weight is 493 g/mol. The molecule has 0 unspecified atom stereocenters. The standard InChI is InChI=1S/C26H24N2O6S/c1-15-11-16(13-29)25(35-15)28-24(31)22(12-23(30)33-2)27-26(32)34-14-21-19-9-5-3-7-17(19)18-8-4-6-10-20(18)21/h3-11,13,21-22H,12,14H2,1-2H3,(H,27,32)(H,28,31)/t22-/m0/s1. The van der Waals surface area contributed by atoms with Gasteiger partial charge in [-0.15, -0.1) is 11.3 Å². The van der Waals surface area contributed by atoms with E-state index in [1.54, 1.807) is 13.0 Å². The minimum atomic E-state index is -1.25. The van der Waals surface area contributed by atoms with Crippen molar-refractivity contribution in [1.29, 1.82) is 0 Å². The van der Waals surface area contributed by atoms with Gasteiger partial charge in [0.15, 0.2) is 6.29 Å². The third-order valence-corrected chi connectivity index (χ3v) is 6.78. The first-order valence-electron chi connectivity index (χ1n) is 11.0. The van der Waals surface area contributed by atoms with Crippen LogP contribution in [0.1, 0.15) is 38.7 Å². The monoisotopic (exact) mass is 492 g/mol. The molecule has 180 valence electrons. The number of aldehydes is 1. The van der Waals surface area contributed by atoms with Crippen LogP contribution in [0.15, 0.2) is 54.6 Å². The number of fused-ring (bicyclic) bond motifs is 3. The molecule has 0 saturated heterocycles. The van der Waals surface area contributed by atoms with E-state index >= 15 is 0 Å². The third kappa shape index (κ3) is 5.25. The molecule has 0 aliphatic heterocycles. The average Bonchev–Trinajstić information content (AvgIpc) is 3.38. The molecule has 9 heteroatoms. The number of anilines is 1. The van der Waals surface area contributed by atoms with Gasteiger partial charge in [0.1, 0.15) is 17.6 Å². The van der Waals surface area contributed by atoms with Crippen molar-refractivity contribution in [2.75, 3.05) is 19.0 Å². The van der Waals surface area contributed by atoms with Gasteiger partial charge < -0.3 is 20.1 Å². The number of aryl methyl sites for hydroxylation is 1. The number of nitrogens with one attached hydrogen (secondary N) is 2. The van der Waals surface area contributed by atoms with Gasteiger partial charge in [0.05, 0.1) is 13.5 Å². The summed E-state index contributed by atoms with van der Waals surface area (Å²) in [4.78, 5) is 49.5. The smallest absolute Gasteiger partial charge is 0.407 e. The molecule has 1 heterocycles. The molecule has 1 aromatic heterocycles. The summed E-state index contributed by atoms with van der Waals surface area (Å²) in [6.45, 7) is 1.86. The first-order chi connectivity index (χ1) is 16.9. The highest BCUT2D eigenvalue weighted by molar-refractivity contribution is 7.16. The highest BCUT2D eigenvalue weighted by Crippen LogP contribution is 2.44. The minimum Gasteiger partial charge on any atom is -0.469 e. The Morgan fingerprint density at radius 3 is 2.29 bits per heavy atom. The number of alkyl carbamates (subject to hydrolysis) is 1. The van der Waals surface area contributed by atoms with Crippen molar-refractivity contribution in [1.82, 2.24) is 5.32 Å². The van der Waals surface area contributed by atoms with Gasteiger partial charge in [-0.2, -0.15) is 0 Å². The maximum atomic E-state index is 12.9. The van der Waals surface area contributed by atoms with Crippen LogP contribution < -0.4 is 10.6 Å². The third-order valence-electron chi connectivity index (χ3n) is 5.80. The molecule has 0 radical (unpaired) electrons. The van der Waals surface area contributed by atoms with Gasteiger partial charge in [-0.25, -0.2) is 4.79 Å². The topological polar surface area (TPSA) is 111 Å². The predicted octanol–water partition coefficient (Wildman–Crippen LogP) is 4.28. The van der Waals surface area contributed by atoms with E-state index in [2.05, 4.69) is 15.4 Å². The van der Waals surface area contributed by atoms with Crippen LogP contribution in [-0.4, -0.2) is 44.0 Å². The van der Waals surface area contributed by atoms with E-state index < -0.39 is 30.4 Å². The summed E-state index contributed by atoms with van der Waals surface area (Å²) < 4.78 is 10.2. The van der Waals surface area contributed by atoms with Crippen molar-refractivity contribution in [2.45, 2.75) is 25.3 Å². The molecule has 1 aliphatic rings. The second-order valence-corrected chi connectivity index (χ2v) is 9.31. The summed E-state index contributed by atoms with van der Waals surface area (Å²) in [5.74, 6) is -1.48. The number of hydrogen-bond acceptors (Lipinski definition) is 7. The van der Waals surface area contributed by atoms with Crippen LogP contribution in [0, 0.1) is 6.92 Å². The fourth-order valence-electron chi connectivity index (χ4n) is 4.16. The quantitative estimate of drug-likeness (QED) is 0.359. The number of benzene rings is 2. The number of methoxy groups -OCH3 is 1. The Morgan fingerprint density at radius 2 is 1.69 bits per heavy atom. The van der Waals surface area contributed by atoms with Gasteiger partial charge >= 0.3 is 12.1 Å². The van der Waals surface area contributed by atoms with Crippen molar-refractivity contribution >= 4 is 40.6 Å². The lowest BCUT2D eigenvalue weighted by Crippen LogP contribution is -2.45. The van der Waals surface area contributed by atoms with Crippen molar-refractivity contribution < 1.29 is 28.7 Å². The zero-order chi connectivity index (χ0) is 24.9. The summed E-state index contributed by atoms with van der Waals surface area (Å²) in [7, 11) is 1.19. The van der Waals surface area contributed by atoms with Crippen molar-refractivity contribution in [3.63, 3.8) is 0 Å². The number of carbonyl (C=O) groups excluding carboxylic acids is 4. The summed E-state index contributed by atoms with van der Waals surface area (Å²) in [5.41, 5.74) is 4.62. The second kappa shape index (κ2) is 10.5. The molecule has 0 bridgehead atoms. The Labute approximate surface area is 206 Å². The molecular formula is C26H24N2O6S. The van der Waals surface area contributed by atoms with E-state index in [9.17, 15) is 19.2 Å². The van der Waals surface area contributed by atoms with Gasteiger partial charge in [0.2, 0.25) is 5.91 Å². The minimum absolute atomic E-state index is 0.0613. The fraction of sp³-hybridized carbons (Fsp3) is 0.231. The number of rotatable bonds is 8.